The molecule has 0 saturated carbocycles. The zero-order chi connectivity index (χ0) is 16.9. The monoisotopic (exact) mass is 349 g/mol. The Morgan fingerprint density at radius 3 is 2.13 bits per heavy atom. The van der Waals surface area contributed by atoms with Crippen molar-refractivity contribution in [1.82, 2.24) is 5.32 Å². The van der Waals surface area contributed by atoms with Gasteiger partial charge in [0, 0.05) is 12.2 Å². The quantitative estimate of drug-likeness (QED) is 0.722. The van der Waals surface area contributed by atoms with Crippen LogP contribution in [0.5, 0.6) is 0 Å². The topological polar surface area (TPSA) is 84.2 Å². The Morgan fingerprint density at radius 1 is 1.04 bits per heavy atom. The SMILES string of the molecule is CCc1ccc(NC(=S)NCc2ccc(S(N)(=O)=O)cc2)cc1. The average molecular weight is 349 g/mol. The molecule has 7 heteroatoms. The number of hydrogen-bond donors (Lipinski definition) is 3. The third-order valence-corrected chi connectivity index (χ3v) is 4.50. The maximum absolute atomic E-state index is 11.2. The molecule has 0 spiro atoms. The smallest absolute Gasteiger partial charge is 0.238 e. The van der Waals surface area contributed by atoms with Crippen LogP contribution in [0.2, 0.25) is 0 Å². The Labute approximate surface area is 142 Å². The molecule has 0 amide bonds. The molecule has 0 aromatic heterocycles. The van der Waals surface area contributed by atoms with Crippen molar-refractivity contribution >= 4 is 33.0 Å². The Hall–Kier alpha value is -1.96. The lowest BCUT2D eigenvalue weighted by Crippen LogP contribution is -2.27. The highest BCUT2D eigenvalue weighted by molar-refractivity contribution is 7.89. The summed E-state index contributed by atoms with van der Waals surface area (Å²) >= 11 is 5.24. The predicted octanol–water partition coefficient (Wildman–Crippen LogP) is 2.38. The predicted molar refractivity (Wildman–Crippen MR) is 96.7 cm³/mol. The van der Waals surface area contributed by atoms with E-state index in [2.05, 4.69) is 29.7 Å². The van der Waals surface area contributed by atoms with Crippen LogP contribution in [0.1, 0.15) is 18.1 Å². The van der Waals surface area contributed by atoms with Gasteiger partial charge in [-0.2, -0.15) is 0 Å². The van der Waals surface area contributed by atoms with E-state index in [0.717, 1.165) is 17.7 Å². The third-order valence-electron chi connectivity index (χ3n) is 3.33. The van der Waals surface area contributed by atoms with Gasteiger partial charge < -0.3 is 10.6 Å². The van der Waals surface area contributed by atoms with Crippen LogP contribution in [0.15, 0.2) is 53.4 Å². The number of primary sulfonamides is 1. The summed E-state index contributed by atoms with van der Waals surface area (Å²) in [7, 11) is -3.66. The molecule has 0 unspecified atom stereocenters. The first kappa shape index (κ1) is 17.4. The third kappa shape index (κ3) is 5.31. The van der Waals surface area contributed by atoms with Crippen LogP contribution in [0, 0.1) is 0 Å². The van der Waals surface area contributed by atoms with Crippen molar-refractivity contribution in [3.05, 3.63) is 59.7 Å². The number of anilines is 1. The minimum Gasteiger partial charge on any atom is -0.358 e. The molecular weight excluding hydrogens is 330 g/mol. The lowest BCUT2D eigenvalue weighted by molar-refractivity contribution is 0.597. The number of rotatable bonds is 5. The average Bonchev–Trinajstić information content (AvgIpc) is 2.53. The second-order valence-corrected chi connectivity index (χ2v) is 7.02. The molecule has 0 aliphatic rings. The number of nitrogens with two attached hydrogens (primary N) is 1. The lowest BCUT2D eigenvalue weighted by atomic mass is 10.1. The minimum absolute atomic E-state index is 0.0953. The summed E-state index contributed by atoms with van der Waals surface area (Å²) in [5.41, 5.74) is 3.09. The van der Waals surface area contributed by atoms with Gasteiger partial charge in [-0.15, -0.1) is 0 Å². The van der Waals surface area contributed by atoms with E-state index in [1.807, 2.05) is 12.1 Å². The van der Waals surface area contributed by atoms with Crippen LogP contribution in [0.3, 0.4) is 0 Å². The van der Waals surface area contributed by atoms with E-state index in [1.165, 1.54) is 17.7 Å². The largest absolute Gasteiger partial charge is 0.358 e. The summed E-state index contributed by atoms with van der Waals surface area (Å²) in [6.45, 7) is 2.60. The van der Waals surface area contributed by atoms with Gasteiger partial charge in [0.2, 0.25) is 10.0 Å². The van der Waals surface area contributed by atoms with Gasteiger partial charge in [-0.3, -0.25) is 0 Å². The van der Waals surface area contributed by atoms with Gasteiger partial charge in [0.1, 0.15) is 0 Å². The highest BCUT2D eigenvalue weighted by Gasteiger charge is 2.06. The van der Waals surface area contributed by atoms with Crippen LogP contribution < -0.4 is 15.8 Å². The van der Waals surface area contributed by atoms with Crippen LogP contribution in [0.25, 0.3) is 0 Å². The van der Waals surface area contributed by atoms with E-state index in [9.17, 15) is 8.42 Å². The molecule has 0 fully saturated rings. The molecular formula is C16H19N3O2S2. The summed E-state index contributed by atoms with van der Waals surface area (Å²) in [5.74, 6) is 0. The van der Waals surface area contributed by atoms with Crippen molar-refractivity contribution in [2.24, 2.45) is 5.14 Å². The molecule has 23 heavy (non-hydrogen) atoms. The van der Waals surface area contributed by atoms with Crippen molar-refractivity contribution in [2.45, 2.75) is 24.8 Å². The van der Waals surface area contributed by atoms with Crippen LogP contribution in [0.4, 0.5) is 5.69 Å². The minimum atomic E-state index is -3.66. The standard InChI is InChI=1S/C16H19N3O2S2/c1-2-12-3-7-14(8-4-12)19-16(22)18-11-13-5-9-15(10-6-13)23(17,20)21/h3-10H,2,11H2,1H3,(H2,17,20,21)(H2,18,19,22). The second kappa shape index (κ2) is 7.54. The molecule has 2 rings (SSSR count). The molecule has 0 radical (unpaired) electrons. The Bertz CT molecular complexity index is 770. The van der Waals surface area contributed by atoms with Gasteiger partial charge in [0.15, 0.2) is 5.11 Å². The normalized spacial score (nSPS) is 11.0. The Balaban J connectivity index is 1.88. The van der Waals surface area contributed by atoms with E-state index in [-0.39, 0.29) is 4.90 Å². The first-order valence-electron chi connectivity index (χ1n) is 7.14. The van der Waals surface area contributed by atoms with E-state index in [1.54, 1.807) is 12.1 Å². The van der Waals surface area contributed by atoms with E-state index in [0.29, 0.717) is 11.7 Å². The highest BCUT2D eigenvalue weighted by Crippen LogP contribution is 2.11. The summed E-state index contributed by atoms with van der Waals surface area (Å²) in [6.07, 6.45) is 0.998. The van der Waals surface area contributed by atoms with Crippen LogP contribution in [-0.4, -0.2) is 13.5 Å². The van der Waals surface area contributed by atoms with Gasteiger partial charge in [-0.05, 0) is 54.0 Å². The maximum Gasteiger partial charge on any atom is 0.238 e. The van der Waals surface area contributed by atoms with Crippen molar-refractivity contribution in [3.8, 4) is 0 Å². The molecule has 0 atom stereocenters. The number of aryl methyl sites for hydroxylation is 1. The fourth-order valence-corrected chi connectivity index (χ4v) is 2.68. The first-order chi connectivity index (χ1) is 10.9. The fourth-order valence-electron chi connectivity index (χ4n) is 1.98. The number of hydrogen-bond acceptors (Lipinski definition) is 3. The van der Waals surface area contributed by atoms with E-state index in [4.69, 9.17) is 17.4 Å². The zero-order valence-corrected chi connectivity index (χ0v) is 14.4. The summed E-state index contributed by atoms with van der Waals surface area (Å²) < 4.78 is 22.4. The maximum atomic E-state index is 11.2. The van der Waals surface area contributed by atoms with E-state index < -0.39 is 10.0 Å². The molecule has 122 valence electrons. The number of sulfonamides is 1. The molecule has 5 nitrogen and oxygen atoms in total. The molecule has 0 bridgehead atoms. The van der Waals surface area contributed by atoms with Crippen molar-refractivity contribution < 1.29 is 8.42 Å². The van der Waals surface area contributed by atoms with E-state index >= 15 is 0 Å². The fraction of sp³-hybridized carbons (Fsp3) is 0.188. The first-order valence-corrected chi connectivity index (χ1v) is 9.09. The van der Waals surface area contributed by atoms with Crippen molar-refractivity contribution in [2.75, 3.05) is 5.32 Å². The van der Waals surface area contributed by atoms with Crippen molar-refractivity contribution in [1.29, 1.82) is 0 Å². The summed E-state index contributed by atoms with van der Waals surface area (Å²) in [5, 5.41) is 11.7. The molecule has 2 aromatic carbocycles. The number of thiocarbonyl (C=S) groups is 1. The Morgan fingerprint density at radius 2 is 1.61 bits per heavy atom. The van der Waals surface area contributed by atoms with Gasteiger partial charge in [-0.25, -0.2) is 13.6 Å². The molecule has 0 heterocycles. The van der Waals surface area contributed by atoms with Crippen LogP contribution in [-0.2, 0) is 23.0 Å². The Kier molecular flexibility index (Phi) is 5.70. The molecule has 0 aliphatic heterocycles. The van der Waals surface area contributed by atoms with Gasteiger partial charge in [0.05, 0.1) is 4.90 Å². The highest BCUT2D eigenvalue weighted by atomic mass is 32.2. The second-order valence-electron chi connectivity index (χ2n) is 5.05. The number of benzene rings is 2. The molecule has 2 aromatic rings. The van der Waals surface area contributed by atoms with Crippen LogP contribution >= 0.6 is 12.2 Å². The summed E-state index contributed by atoms with van der Waals surface area (Å²) in [6, 6.07) is 14.4. The van der Waals surface area contributed by atoms with Crippen molar-refractivity contribution in [3.63, 3.8) is 0 Å². The molecule has 0 aliphatic carbocycles. The molecule has 4 N–H and O–H groups in total. The number of nitrogens with one attached hydrogen (secondary N) is 2. The summed E-state index contributed by atoms with van der Waals surface area (Å²) in [4.78, 5) is 0.0953. The van der Waals surface area contributed by atoms with Gasteiger partial charge >= 0.3 is 0 Å². The van der Waals surface area contributed by atoms with Gasteiger partial charge in [0.25, 0.3) is 0 Å². The van der Waals surface area contributed by atoms with Gasteiger partial charge in [-0.1, -0.05) is 31.2 Å². The zero-order valence-electron chi connectivity index (χ0n) is 12.7. The lowest BCUT2D eigenvalue weighted by Gasteiger charge is -2.11. The molecule has 0 saturated heterocycles.